The average Bonchev–Trinajstić information content (AvgIpc) is 2.62. The van der Waals surface area contributed by atoms with E-state index in [-0.39, 0.29) is 5.57 Å². The highest BCUT2D eigenvalue weighted by Gasteiger charge is 2.16. The maximum Gasteiger partial charge on any atom is 0.266 e. The van der Waals surface area contributed by atoms with Crippen molar-refractivity contribution in [1.29, 1.82) is 5.26 Å². The van der Waals surface area contributed by atoms with Gasteiger partial charge in [-0.15, -0.1) is 0 Å². The van der Waals surface area contributed by atoms with E-state index in [1.807, 2.05) is 32.0 Å². The maximum atomic E-state index is 12.6. The number of nitrogens with one attached hydrogen (secondary N) is 1. The summed E-state index contributed by atoms with van der Waals surface area (Å²) in [7, 11) is 1.55. The fraction of sp³-hybridized carbons (Fsp3) is 0.200. The largest absolute Gasteiger partial charge is 0.492 e. The lowest BCUT2D eigenvalue weighted by Gasteiger charge is -2.13. The van der Waals surface area contributed by atoms with Gasteiger partial charge in [-0.05, 0) is 103 Å². The van der Waals surface area contributed by atoms with Crippen molar-refractivity contribution in [1.82, 2.24) is 0 Å². The van der Waals surface area contributed by atoms with Gasteiger partial charge >= 0.3 is 0 Å². The molecule has 0 aliphatic carbocycles. The van der Waals surface area contributed by atoms with E-state index >= 15 is 0 Å². The third-order valence-corrected chi connectivity index (χ3v) is 5.48. The van der Waals surface area contributed by atoms with Crippen molar-refractivity contribution in [2.24, 2.45) is 0 Å². The van der Waals surface area contributed by atoms with Crippen molar-refractivity contribution in [2.75, 3.05) is 19.0 Å². The van der Waals surface area contributed by atoms with Crippen molar-refractivity contribution in [3.63, 3.8) is 0 Å². The lowest BCUT2D eigenvalue weighted by Crippen LogP contribution is -2.14. The molecule has 0 atom stereocenters. The number of amides is 1. The first-order valence-electron chi connectivity index (χ1n) is 8.19. The molecule has 1 N–H and O–H groups in total. The number of anilines is 1. The van der Waals surface area contributed by atoms with E-state index in [1.54, 1.807) is 19.2 Å². The molecule has 0 fully saturated rings. The van der Waals surface area contributed by atoms with Gasteiger partial charge in [0.2, 0.25) is 0 Å². The number of nitriles is 1. The van der Waals surface area contributed by atoms with Crippen LogP contribution >= 0.6 is 47.8 Å². The Balaban J connectivity index is 2.39. The molecule has 0 spiro atoms. The molecule has 1 amide bonds. The Bertz CT molecular complexity index is 958. The van der Waals surface area contributed by atoms with E-state index in [0.29, 0.717) is 33.8 Å². The number of hydrogen-bond donors (Lipinski definition) is 1. The number of ether oxygens (including phenoxy) is 2. The molecule has 0 radical (unpaired) electrons. The van der Waals surface area contributed by atoms with E-state index in [2.05, 4.69) is 53.1 Å². The number of rotatable bonds is 6. The van der Waals surface area contributed by atoms with E-state index < -0.39 is 5.91 Å². The highest BCUT2D eigenvalue weighted by molar-refractivity contribution is 9.11. The van der Waals surface area contributed by atoms with Gasteiger partial charge in [-0.25, -0.2) is 0 Å². The molecule has 0 aromatic heterocycles. The number of aryl methyl sites for hydroxylation is 1. The van der Waals surface area contributed by atoms with Gasteiger partial charge in [0.1, 0.15) is 11.6 Å². The number of carbonyl (C=O) groups excluding carboxylic acids is 1. The topological polar surface area (TPSA) is 71.3 Å². The lowest BCUT2D eigenvalue weighted by atomic mass is 10.1. The second-order valence-corrected chi connectivity index (χ2v) is 8.26. The third kappa shape index (κ3) is 5.37. The summed E-state index contributed by atoms with van der Waals surface area (Å²) in [6.07, 6.45) is 1.50. The molecule has 0 saturated carbocycles. The molecular weight excluding hydrogens is 556 g/mol. The summed E-state index contributed by atoms with van der Waals surface area (Å²) < 4.78 is 13.0. The van der Waals surface area contributed by atoms with Crippen LogP contribution in [0.5, 0.6) is 11.5 Å². The Labute approximate surface area is 189 Å². The minimum absolute atomic E-state index is 0.0427. The Morgan fingerprint density at radius 1 is 1.18 bits per heavy atom. The van der Waals surface area contributed by atoms with Crippen LogP contribution in [0.4, 0.5) is 5.69 Å². The monoisotopic (exact) mass is 570 g/mol. The fourth-order valence-corrected chi connectivity index (χ4v) is 4.68. The van der Waals surface area contributed by atoms with Crippen LogP contribution in [-0.2, 0) is 4.79 Å². The van der Waals surface area contributed by atoms with E-state index in [0.717, 1.165) is 14.5 Å². The standard InChI is InChI=1S/C20H17Br3N2O3/c1-4-28-17-9-12(8-16(23)19(17)27-3)7-13(10-24)20(26)25-18-14(21)5-11(2)6-15(18)22/h5-9H,4H2,1-3H3,(H,25,26)/b13-7+. The van der Waals surface area contributed by atoms with Crippen LogP contribution in [0, 0.1) is 18.3 Å². The predicted molar refractivity (Wildman–Crippen MR) is 121 cm³/mol. The van der Waals surface area contributed by atoms with Crippen LogP contribution in [0.25, 0.3) is 6.08 Å². The molecule has 0 aliphatic heterocycles. The third-order valence-electron chi connectivity index (χ3n) is 3.64. The van der Waals surface area contributed by atoms with Crippen LogP contribution in [0.1, 0.15) is 18.1 Å². The van der Waals surface area contributed by atoms with Crippen molar-refractivity contribution >= 4 is 65.5 Å². The van der Waals surface area contributed by atoms with Gasteiger partial charge in [0.05, 0.1) is 23.9 Å². The average molecular weight is 573 g/mol. The van der Waals surface area contributed by atoms with Crippen LogP contribution in [0.3, 0.4) is 0 Å². The highest BCUT2D eigenvalue weighted by atomic mass is 79.9. The fourth-order valence-electron chi connectivity index (χ4n) is 2.45. The van der Waals surface area contributed by atoms with E-state index in [1.165, 1.54) is 6.08 Å². The molecule has 5 nitrogen and oxygen atoms in total. The van der Waals surface area contributed by atoms with Crippen molar-refractivity contribution < 1.29 is 14.3 Å². The second kappa shape index (κ2) is 10.1. The van der Waals surface area contributed by atoms with E-state index in [9.17, 15) is 10.1 Å². The first-order chi connectivity index (χ1) is 13.3. The molecule has 28 heavy (non-hydrogen) atoms. The number of halogens is 3. The number of benzene rings is 2. The molecule has 0 bridgehead atoms. The Kier molecular flexibility index (Phi) is 8.10. The van der Waals surface area contributed by atoms with Gasteiger partial charge in [0.25, 0.3) is 5.91 Å². The van der Waals surface area contributed by atoms with Gasteiger partial charge < -0.3 is 14.8 Å². The van der Waals surface area contributed by atoms with Gasteiger partial charge in [0, 0.05) is 8.95 Å². The Hall–Kier alpha value is -1.82. The van der Waals surface area contributed by atoms with Gasteiger partial charge in [0.15, 0.2) is 11.5 Å². The van der Waals surface area contributed by atoms with Crippen molar-refractivity contribution in [3.05, 3.63) is 54.4 Å². The SMILES string of the molecule is CCOc1cc(/C=C(\C#N)C(=O)Nc2c(Br)cc(C)cc2Br)cc(Br)c1OC. The number of hydrogen-bond acceptors (Lipinski definition) is 4. The van der Waals surface area contributed by atoms with Gasteiger partial charge in [-0.1, -0.05) is 0 Å². The van der Waals surface area contributed by atoms with Crippen molar-refractivity contribution in [2.45, 2.75) is 13.8 Å². The molecule has 146 valence electrons. The number of carbonyl (C=O) groups is 1. The van der Waals surface area contributed by atoms with Crippen LogP contribution in [0.15, 0.2) is 43.3 Å². The first-order valence-corrected chi connectivity index (χ1v) is 10.6. The summed E-state index contributed by atoms with van der Waals surface area (Å²) in [5.41, 5.74) is 2.17. The molecule has 2 aromatic rings. The second-order valence-electron chi connectivity index (χ2n) is 5.69. The summed E-state index contributed by atoms with van der Waals surface area (Å²) in [5, 5.41) is 12.3. The number of nitrogens with zero attached hydrogens (tertiary/aromatic N) is 1. The summed E-state index contributed by atoms with van der Waals surface area (Å²) >= 11 is 10.3. The smallest absolute Gasteiger partial charge is 0.266 e. The molecule has 2 rings (SSSR count). The summed E-state index contributed by atoms with van der Waals surface area (Å²) in [6.45, 7) is 4.26. The quantitative estimate of drug-likeness (QED) is 0.329. The Morgan fingerprint density at radius 3 is 2.36 bits per heavy atom. The predicted octanol–water partition coefficient (Wildman–Crippen LogP) is 6.24. The van der Waals surface area contributed by atoms with Crippen LogP contribution < -0.4 is 14.8 Å². The zero-order valence-corrected chi connectivity index (χ0v) is 20.2. The van der Waals surface area contributed by atoms with Crippen LogP contribution in [0.2, 0.25) is 0 Å². The number of methoxy groups -OCH3 is 1. The first kappa shape index (κ1) is 22.5. The van der Waals surface area contributed by atoms with Crippen molar-refractivity contribution in [3.8, 4) is 17.6 Å². The molecule has 0 saturated heterocycles. The summed E-state index contributed by atoms with van der Waals surface area (Å²) in [6, 6.07) is 9.18. The molecule has 0 aliphatic rings. The minimum Gasteiger partial charge on any atom is -0.492 e. The normalized spacial score (nSPS) is 11.0. The molecule has 0 heterocycles. The van der Waals surface area contributed by atoms with Gasteiger partial charge in [-0.3, -0.25) is 4.79 Å². The zero-order valence-electron chi connectivity index (χ0n) is 15.4. The Morgan fingerprint density at radius 2 is 1.82 bits per heavy atom. The summed E-state index contributed by atoms with van der Waals surface area (Å²) in [4.78, 5) is 12.6. The molecule has 8 heteroatoms. The molecule has 2 aromatic carbocycles. The van der Waals surface area contributed by atoms with E-state index in [4.69, 9.17) is 9.47 Å². The van der Waals surface area contributed by atoms with Gasteiger partial charge in [-0.2, -0.15) is 5.26 Å². The molecule has 0 unspecified atom stereocenters. The molecular formula is C20H17Br3N2O3. The maximum absolute atomic E-state index is 12.6. The minimum atomic E-state index is -0.516. The highest BCUT2D eigenvalue weighted by Crippen LogP contribution is 2.37. The zero-order chi connectivity index (χ0) is 20.8. The van der Waals surface area contributed by atoms with Crippen LogP contribution in [-0.4, -0.2) is 19.6 Å². The summed E-state index contributed by atoms with van der Waals surface area (Å²) in [5.74, 6) is 0.555. The lowest BCUT2D eigenvalue weighted by molar-refractivity contribution is -0.112.